The molecule has 9 nitrogen and oxygen atoms in total. The molecule has 2 N–H and O–H groups in total. The Kier molecular flexibility index (Phi) is 10.2. The summed E-state index contributed by atoms with van der Waals surface area (Å²) in [5.74, 6) is 0.784. The molecule has 1 saturated heterocycles. The highest BCUT2D eigenvalue weighted by Gasteiger charge is 2.24. The van der Waals surface area contributed by atoms with Crippen molar-refractivity contribution in [2.45, 2.75) is 58.9 Å². The van der Waals surface area contributed by atoms with Crippen molar-refractivity contribution >= 4 is 33.6 Å². The lowest BCUT2D eigenvalue weighted by Gasteiger charge is -2.15. The number of aryl methyl sites for hydroxylation is 2. The summed E-state index contributed by atoms with van der Waals surface area (Å²) in [7, 11) is 1.99. The van der Waals surface area contributed by atoms with E-state index in [2.05, 4.69) is 53.6 Å². The number of carbonyl (C=O) groups is 2. The highest BCUT2D eigenvalue weighted by atomic mass is 16.5. The van der Waals surface area contributed by atoms with Crippen LogP contribution in [-0.2, 0) is 36.0 Å². The topological polar surface area (TPSA) is 101 Å². The molecule has 0 aliphatic carbocycles. The Hall–Kier alpha value is -4.63. The van der Waals surface area contributed by atoms with Gasteiger partial charge in [-0.2, -0.15) is 5.10 Å². The second-order valence-corrected chi connectivity index (χ2v) is 12.1. The van der Waals surface area contributed by atoms with Crippen molar-refractivity contribution in [2.75, 3.05) is 32.8 Å². The molecule has 246 valence electrons. The second kappa shape index (κ2) is 14.9. The summed E-state index contributed by atoms with van der Waals surface area (Å²) in [5, 5.41) is 11.7. The van der Waals surface area contributed by atoms with Crippen molar-refractivity contribution in [3.63, 3.8) is 0 Å². The largest absolute Gasteiger partial charge is 0.493 e. The van der Waals surface area contributed by atoms with Gasteiger partial charge in [-0.15, -0.1) is 0 Å². The van der Waals surface area contributed by atoms with E-state index < -0.39 is 0 Å². The molecular formula is C38H45N5O4. The van der Waals surface area contributed by atoms with Gasteiger partial charge in [0.25, 0.3) is 0 Å². The van der Waals surface area contributed by atoms with Crippen molar-refractivity contribution in [3.05, 3.63) is 83.3 Å². The van der Waals surface area contributed by atoms with Crippen molar-refractivity contribution in [1.29, 1.82) is 0 Å². The van der Waals surface area contributed by atoms with Gasteiger partial charge in [0.15, 0.2) is 0 Å². The summed E-state index contributed by atoms with van der Waals surface area (Å²) < 4.78 is 13.7. The third-order valence-electron chi connectivity index (χ3n) is 9.09. The number of ether oxygens (including phenoxy) is 2. The van der Waals surface area contributed by atoms with Crippen LogP contribution in [-0.4, -0.2) is 64.4 Å². The Morgan fingerprint density at radius 1 is 1.02 bits per heavy atom. The van der Waals surface area contributed by atoms with E-state index in [1.54, 1.807) is 0 Å². The molecule has 2 aromatic heterocycles. The van der Waals surface area contributed by atoms with Crippen LogP contribution in [0.4, 0.5) is 0 Å². The molecule has 0 radical (unpaired) electrons. The third-order valence-corrected chi connectivity index (χ3v) is 9.09. The van der Waals surface area contributed by atoms with Gasteiger partial charge in [0, 0.05) is 60.7 Å². The molecule has 47 heavy (non-hydrogen) atoms. The molecular weight excluding hydrogens is 590 g/mol. The Labute approximate surface area is 276 Å². The average molecular weight is 636 g/mol. The zero-order valence-corrected chi connectivity index (χ0v) is 27.7. The Morgan fingerprint density at radius 2 is 1.83 bits per heavy atom. The van der Waals surface area contributed by atoms with Crippen LogP contribution in [0.15, 0.2) is 60.7 Å². The van der Waals surface area contributed by atoms with E-state index in [1.165, 1.54) is 0 Å². The van der Waals surface area contributed by atoms with Gasteiger partial charge in [0.05, 0.1) is 24.4 Å². The Balaban J connectivity index is 1.24. The fraction of sp³-hybridized carbons (Fsp3) is 0.395. The lowest BCUT2D eigenvalue weighted by atomic mass is 9.97. The van der Waals surface area contributed by atoms with Crippen LogP contribution in [0, 0.1) is 0 Å². The zero-order chi connectivity index (χ0) is 32.8. The van der Waals surface area contributed by atoms with E-state index in [-0.39, 0.29) is 11.9 Å². The van der Waals surface area contributed by atoms with E-state index in [9.17, 15) is 9.59 Å². The maximum atomic E-state index is 13.3. The van der Waals surface area contributed by atoms with Gasteiger partial charge in [0.1, 0.15) is 11.4 Å². The van der Waals surface area contributed by atoms with Crippen LogP contribution in [0.25, 0.3) is 32.8 Å². The molecule has 0 atom stereocenters. The van der Waals surface area contributed by atoms with Gasteiger partial charge in [0.2, 0.25) is 5.91 Å². The highest BCUT2D eigenvalue weighted by molar-refractivity contribution is 6.04. The van der Waals surface area contributed by atoms with Crippen LogP contribution in [0.1, 0.15) is 67.0 Å². The average Bonchev–Trinajstić information content (AvgIpc) is 3.77. The molecule has 6 rings (SSSR count). The van der Waals surface area contributed by atoms with Crippen molar-refractivity contribution < 1.29 is 19.1 Å². The summed E-state index contributed by atoms with van der Waals surface area (Å²) >= 11 is 0. The van der Waals surface area contributed by atoms with Gasteiger partial charge in [-0.25, -0.2) is 4.79 Å². The first-order valence-corrected chi connectivity index (χ1v) is 16.9. The standard InChI is InChI=1S/C38H45N5O4/c1-4-32-35(31(41-42(32)3)25-39-21-12-23-43-22-10-20-34(43)44)30-17-9-16-28-29(37(40-36(28)30)38(45)46-5-2)18-11-24-47-33-19-8-14-26-13-6-7-15-27(26)33/h6-9,13-17,19,39-40H,4-5,10-12,18,20-25H2,1-3H3. The second-order valence-electron chi connectivity index (χ2n) is 12.1. The van der Waals surface area contributed by atoms with Crippen molar-refractivity contribution in [1.82, 2.24) is 25.0 Å². The number of hydrogen-bond acceptors (Lipinski definition) is 6. The van der Waals surface area contributed by atoms with Crippen LogP contribution >= 0.6 is 0 Å². The molecule has 0 bridgehead atoms. The number of likely N-dealkylation sites (tertiary alicyclic amines) is 1. The predicted octanol–water partition coefficient (Wildman–Crippen LogP) is 6.57. The summed E-state index contributed by atoms with van der Waals surface area (Å²) in [5.41, 5.74) is 6.57. The number of H-pyrrole nitrogens is 1. The lowest BCUT2D eigenvalue weighted by Crippen LogP contribution is -2.28. The number of hydrogen-bond donors (Lipinski definition) is 2. The van der Waals surface area contributed by atoms with Gasteiger partial charge in [-0.05, 0) is 62.6 Å². The monoisotopic (exact) mass is 635 g/mol. The third kappa shape index (κ3) is 6.90. The number of fused-ring (bicyclic) bond motifs is 2. The maximum absolute atomic E-state index is 13.3. The number of aromatic amines is 1. The number of nitrogens with one attached hydrogen (secondary N) is 2. The SMILES string of the molecule is CCOC(=O)c1[nH]c2c(-c3c(CNCCCN4CCCC4=O)nn(C)c3CC)cccc2c1CCCOc1cccc2ccccc12. The number of esters is 1. The first-order valence-electron chi connectivity index (χ1n) is 16.9. The summed E-state index contributed by atoms with van der Waals surface area (Å²) in [6.07, 6.45) is 4.74. The molecule has 5 aromatic rings. The van der Waals surface area contributed by atoms with E-state index in [4.69, 9.17) is 14.6 Å². The number of benzene rings is 3. The molecule has 3 aromatic carbocycles. The minimum absolute atomic E-state index is 0.266. The minimum Gasteiger partial charge on any atom is -0.493 e. The van der Waals surface area contributed by atoms with Crippen LogP contribution in [0.2, 0.25) is 0 Å². The number of para-hydroxylation sites is 1. The fourth-order valence-corrected chi connectivity index (χ4v) is 6.87. The first kappa shape index (κ1) is 32.3. The lowest BCUT2D eigenvalue weighted by molar-refractivity contribution is -0.127. The van der Waals surface area contributed by atoms with Gasteiger partial charge < -0.3 is 24.7 Å². The number of aromatic nitrogens is 3. The number of amides is 1. The summed E-state index contributed by atoms with van der Waals surface area (Å²) in [6.45, 7) is 7.86. The van der Waals surface area contributed by atoms with E-state index in [0.29, 0.717) is 38.3 Å². The smallest absolute Gasteiger partial charge is 0.355 e. The number of rotatable bonds is 15. The molecule has 9 heteroatoms. The van der Waals surface area contributed by atoms with Crippen LogP contribution in [0.5, 0.6) is 5.75 Å². The molecule has 0 spiro atoms. The number of carbonyl (C=O) groups excluding carboxylic acids is 2. The quantitative estimate of drug-likeness (QED) is 0.0997. The molecule has 0 unspecified atom stereocenters. The number of nitrogens with zero attached hydrogens (tertiary/aromatic N) is 3. The predicted molar refractivity (Wildman–Crippen MR) is 186 cm³/mol. The summed E-state index contributed by atoms with van der Waals surface area (Å²) in [6, 6.07) is 20.6. The van der Waals surface area contributed by atoms with Crippen molar-refractivity contribution in [2.24, 2.45) is 7.05 Å². The van der Waals surface area contributed by atoms with Crippen LogP contribution < -0.4 is 10.1 Å². The molecule has 0 saturated carbocycles. The van der Waals surface area contributed by atoms with E-state index >= 15 is 0 Å². The molecule has 1 aliphatic heterocycles. The normalized spacial score (nSPS) is 13.3. The molecule has 1 fully saturated rings. The van der Waals surface area contributed by atoms with Gasteiger partial charge in [-0.3, -0.25) is 9.48 Å². The zero-order valence-electron chi connectivity index (χ0n) is 27.7. The van der Waals surface area contributed by atoms with Gasteiger partial charge >= 0.3 is 5.97 Å². The van der Waals surface area contributed by atoms with Gasteiger partial charge in [-0.1, -0.05) is 61.5 Å². The van der Waals surface area contributed by atoms with E-state index in [0.717, 1.165) is 101 Å². The van der Waals surface area contributed by atoms with Crippen molar-refractivity contribution in [3.8, 4) is 16.9 Å². The molecule has 3 heterocycles. The highest BCUT2D eigenvalue weighted by Crippen LogP contribution is 2.36. The molecule has 1 aliphatic rings. The summed E-state index contributed by atoms with van der Waals surface area (Å²) in [4.78, 5) is 30.7. The Morgan fingerprint density at radius 3 is 2.64 bits per heavy atom. The minimum atomic E-state index is -0.347. The van der Waals surface area contributed by atoms with Crippen LogP contribution in [0.3, 0.4) is 0 Å². The Bertz CT molecular complexity index is 1870. The van der Waals surface area contributed by atoms with E-state index in [1.807, 2.05) is 47.8 Å². The first-order chi connectivity index (χ1) is 23.0. The fourth-order valence-electron chi connectivity index (χ4n) is 6.87. The maximum Gasteiger partial charge on any atom is 0.355 e. The molecule has 1 amide bonds.